The predicted octanol–water partition coefficient (Wildman–Crippen LogP) is 2.37. The Labute approximate surface area is 177 Å². The number of imidazole rings is 1. The molecule has 0 aliphatic rings. The van der Waals surface area contributed by atoms with Gasteiger partial charge in [-0.15, -0.1) is 0 Å². The summed E-state index contributed by atoms with van der Waals surface area (Å²) in [5.41, 5.74) is 1.83. The molecule has 4 rings (SSSR count). The Morgan fingerprint density at radius 3 is 2.52 bits per heavy atom. The van der Waals surface area contributed by atoms with Gasteiger partial charge in [0, 0.05) is 25.4 Å². The summed E-state index contributed by atoms with van der Waals surface area (Å²) in [5.74, 6) is 0.270. The smallest absolute Gasteiger partial charge is 0.331 e. The van der Waals surface area contributed by atoms with Gasteiger partial charge in [-0.05, 0) is 36.2 Å². The fourth-order valence-electron chi connectivity index (χ4n) is 3.43. The molecule has 0 saturated carbocycles. The second kappa shape index (κ2) is 8.39. The molecule has 0 spiro atoms. The second-order valence-corrected chi connectivity index (χ2v) is 7.20. The predicted molar refractivity (Wildman–Crippen MR) is 118 cm³/mol. The molecule has 9 heteroatoms. The van der Waals surface area contributed by atoms with Gasteiger partial charge in [-0.25, -0.2) is 9.78 Å². The Morgan fingerprint density at radius 2 is 1.87 bits per heavy atom. The van der Waals surface area contributed by atoms with Crippen LogP contribution >= 0.6 is 0 Å². The van der Waals surface area contributed by atoms with Crippen LogP contribution in [0.5, 0.6) is 0 Å². The summed E-state index contributed by atoms with van der Waals surface area (Å²) in [5, 5.41) is 2.71. The maximum absolute atomic E-state index is 13.2. The number of aromatic amines is 1. The average molecular weight is 418 g/mol. The van der Waals surface area contributed by atoms with E-state index in [4.69, 9.17) is 0 Å². The lowest BCUT2D eigenvalue weighted by molar-refractivity contribution is -0.114. The minimum atomic E-state index is -0.413. The molecule has 0 bridgehead atoms. The van der Waals surface area contributed by atoms with Gasteiger partial charge in [0.25, 0.3) is 5.56 Å². The number of carbonyl (C=O) groups excluding carboxylic acids is 1. The molecule has 0 radical (unpaired) electrons. The van der Waals surface area contributed by atoms with E-state index in [1.807, 2.05) is 25.1 Å². The molecule has 9 nitrogen and oxygen atoms in total. The Balaban J connectivity index is 1.84. The zero-order valence-corrected chi connectivity index (χ0v) is 17.3. The number of anilines is 1. The second-order valence-electron chi connectivity index (χ2n) is 7.20. The first-order valence-electron chi connectivity index (χ1n) is 9.99. The number of carbonyl (C=O) groups is 1. The van der Waals surface area contributed by atoms with E-state index >= 15 is 0 Å². The van der Waals surface area contributed by atoms with Gasteiger partial charge in [0.05, 0.1) is 6.54 Å². The largest absolute Gasteiger partial charge is 0.333 e. The topological polar surface area (TPSA) is 115 Å². The van der Waals surface area contributed by atoms with Gasteiger partial charge in [0.2, 0.25) is 5.91 Å². The molecule has 3 aromatic heterocycles. The monoisotopic (exact) mass is 418 g/mol. The minimum Gasteiger partial charge on any atom is -0.331 e. The summed E-state index contributed by atoms with van der Waals surface area (Å²) in [6, 6.07) is 12.6. The quantitative estimate of drug-likeness (QED) is 0.499. The Hall–Kier alpha value is -4.01. The summed E-state index contributed by atoms with van der Waals surface area (Å²) < 4.78 is 2.72. The number of benzene rings is 1. The van der Waals surface area contributed by atoms with Crippen LogP contribution in [0.3, 0.4) is 0 Å². The maximum atomic E-state index is 13.2. The van der Waals surface area contributed by atoms with E-state index < -0.39 is 11.2 Å². The first-order valence-corrected chi connectivity index (χ1v) is 9.99. The number of hydrogen-bond donors (Lipinski definition) is 2. The normalized spacial score (nSPS) is 11.0. The van der Waals surface area contributed by atoms with Gasteiger partial charge in [0.1, 0.15) is 11.2 Å². The van der Waals surface area contributed by atoms with E-state index in [2.05, 4.69) is 20.3 Å². The van der Waals surface area contributed by atoms with Gasteiger partial charge in [-0.1, -0.05) is 25.1 Å². The molecule has 2 N–H and O–H groups in total. The fourth-order valence-corrected chi connectivity index (χ4v) is 3.43. The molecule has 4 aromatic rings. The van der Waals surface area contributed by atoms with E-state index in [-0.39, 0.29) is 23.6 Å². The van der Waals surface area contributed by atoms with E-state index in [1.54, 1.807) is 30.5 Å². The lowest BCUT2D eigenvalue weighted by atomic mass is 10.2. The molecule has 31 heavy (non-hydrogen) atoms. The molecule has 0 fully saturated rings. The van der Waals surface area contributed by atoms with Crippen molar-refractivity contribution in [2.75, 3.05) is 5.32 Å². The first-order chi connectivity index (χ1) is 15.0. The SMILES string of the molecule is CCCn1c(=O)c2[nH]c(-c3ccccn3)nc2n(Cc2ccc(NC(C)=O)cc2)c1=O. The van der Waals surface area contributed by atoms with E-state index in [0.29, 0.717) is 30.2 Å². The molecule has 0 aliphatic heterocycles. The summed E-state index contributed by atoms with van der Waals surface area (Å²) in [7, 11) is 0. The van der Waals surface area contributed by atoms with Crippen molar-refractivity contribution in [2.24, 2.45) is 0 Å². The number of hydrogen-bond acceptors (Lipinski definition) is 5. The standard InChI is InChI=1S/C22H22N6O3/c1-3-12-27-21(30)18-20(26-19(25-18)17-6-4-5-11-23-17)28(22(27)31)13-15-7-9-16(10-8-15)24-14(2)29/h4-11H,3,12-13H2,1-2H3,(H,24,29)(H,25,26). The van der Waals surface area contributed by atoms with Crippen molar-refractivity contribution in [3.8, 4) is 11.5 Å². The van der Waals surface area contributed by atoms with Crippen molar-refractivity contribution in [2.45, 2.75) is 33.4 Å². The van der Waals surface area contributed by atoms with E-state index in [9.17, 15) is 14.4 Å². The molecule has 1 aromatic carbocycles. The molecule has 0 aliphatic carbocycles. The zero-order valence-electron chi connectivity index (χ0n) is 17.3. The van der Waals surface area contributed by atoms with Gasteiger partial charge in [0.15, 0.2) is 11.5 Å². The number of nitrogens with zero attached hydrogens (tertiary/aromatic N) is 4. The van der Waals surface area contributed by atoms with E-state index in [1.165, 1.54) is 16.1 Å². The van der Waals surface area contributed by atoms with Crippen molar-refractivity contribution in [3.63, 3.8) is 0 Å². The highest BCUT2D eigenvalue weighted by molar-refractivity contribution is 5.88. The van der Waals surface area contributed by atoms with Gasteiger partial charge >= 0.3 is 5.69 Å². The van der Waals surface area contributed by atoms with Crippen LogP contribution in [0.2, 0.25) is 0 Å². The first kappa shape index (κ1) is 20.3. The molecular formula is C22H22N6O3. The maximum Gasteiger partial charge on any atom is 0.333 e. The minimum absolute atomic E-state index is 0.157. The molecule has 158 valence electrons. The number of pyridine rings is 1. The highest BCUT2D eigenvalue weighted by atomic mass is 16.2. The van der Waals surface area contributed by atoms with Gasteiger partial charge < -0.3 is 10.3 Å². The summed E-state index contributed by atoms with van der Waals surface area (Å²) in [6.45, 7) is 3.89. The lowest BCUT2D eigenvalue weighted by Gasteiger charge is -2.11. The lowest BCUT2D eigenvalue weighted by Crippen LogP contribution is -2.40. The van der Waals surface area contributed by atoms with Crippen LogP contribution in [-0.2, 0) is 17.9 Å². The van der Waals surface area contributed by atoms with E-state index in [0.717, 1.165) is 5.56 Å². The number of amides is 1. The zero-order chi connectivity index (χ0) is 22.0. The van der Waals surface area contributed by atoms with Crippen molar-refractivity contribution in [3.05, 3.63) is 75.1 Å². The summed E-state index contributed by atoms with van der Waals surface area (Å²) in [6.07, 6.45) is 2.29. The Kier molecular flexibility index (Phi) is 5.48. The third-order valence-electron chi connectivity index (χ3n) is 4.83. The van der Waals surface area contributed by atoms with Crippen LogP contribution in [0.25, 0.3) is 22.7 Å². The van der Waals surface area contributed by atoms with Crippen molar-refractivity contribution in [1.29, 1.82) is 0 Å². The molecule has 3 heterocycles. The third kappa shape index (κ3) is 4.02. The van der Waals surface area contributed by atoms with Crippen LogP contribution in [0, 0.1) is 0 Å². The molecular weight excluding hydrogens is 396 g/mol. The molecule has 1 amide bonds. The van der Waals surface area contributed by atoms with Crippen LogP contribution in [-0.4, -0.2) is 30.0 Å². The van der Waals surface area contributed by atoms with Crippen LogP contribution < -0.4 is 16.6 Å². The summed E-state index contributed by atoms with van der Waals surface area (Å²) in [4.78, 5) is 49.2. The van der Waals surface area contributed by atoms with Gasteiger partial charge in [-0.2, -0.15) is 0 Å². The van der Waals surface area contributed by atoms with Crippen molar-refractivity contribution < 1.29 is 4.79 Å². The highest BCUT2D eigenvalue weighted by Crippen LogP contribution is 2.17. The van der Waals surface area contributed by atoms with Crippen molar-refractivity contribution in [1.82, 2.24) is 24.1 Å². The van der Waals surface area contributed by atoms with Crippen LogP contribution in [0.1, 0.15) is 25.8 Å². The van der Waals surface area contributed by atoms with Crippen LogP contribution in [0.4, 0.5) is 5.69 Å². The highest BCUT2D eigenvalue weighted by Gasteiger charge is 2.18. The Morgan fingerprint density at radius 1 is 1.10 bits per heavy atom. The third-order valence-corrected chi connectivity index (χ3v) is 4.83. The number of rotatable bonds is 6. The average Bonchev–Trinajstić information content (AvgIpc) is 3.21. The number of H-pyrrole nitrogens is 1. The fraction of sp³-hybridized carbons (Fsp3) is 0.227. The van der Waals surface area contributed by atoms with Gasteiger partial charge in [-0.3, -0.25) is 23.7 Å². The van der Waals surface area contributed by atoms with Crippen molar-refractivity contribution >= 4 is 22.8 Å². The Bertz CT molecular complexity index is 1350. The summed E-state index contributed by atoms with van der Waals surface area (Å²) >= 11 is 0. The number of aromatic nitrogens is 5. The molecule has 0 saturated heterocycles. The molecule has 0 atom stereocenters. The molecule has 0 unspecified atom stereocenters. The number of nitrogens with one attached hydrogen (secondary N) is 2. The number of fused-ring (bicyclic) bond motifs is 1. The van der Waals surface area contributed by atoms with Crippen LogP contribution in [0.15, 0.2) is 58.3 Å².